The normalized spacial score (nSPS) is 16.0. The first kappa shape index (κ1) is 19.8. The number of nitrogens with zero attached hydrogens (tertiary/aromatic N) is 1. The first-order valence-corrected chi connectivity index (χ1v) is 10.9. The monoisotopic (exact) mass is 393 g/mol. The number of carbonyl (C=O) groups excluding carboxylic acids is 1. The Morgan fingerprint density at radius 2 is 1.83 bits per heavy atom. The van der Waals surface area contributed by atoms with Crippen LogP contribution in [0, 0.1) is 12.8 Å². The molecule has 2 aromatic rings. The highest BCUT2D eigenvalue weighted by molar-refractivity contribution is 5.76. The van der Waals surface area contributed by atoms with Crippen molar-refractivity contribution < 1.29 is 14.3 Å². The molecule has 0 radical (unpaired) electrons. The highest BCUT2D eigenvalue weighted by Crippen LogP contribution is 2.33. The molecule has 0 saturated heterocycles. The molecule has 1 aliphatic carbocycles. The molecule has 1 fully saturated rings. The lowest BCUT2D eigenvalue weighted by Crippen LogP contribution is -2.36. The van der Waals surface area contributed by atoms with E-state index in [4.69, 9.17) is 9.47 Å². The summed E-state index contributed by atoms with van der Waals surface area (Å²) in [5, 5.41) is 0. The van der Waals surface area contributed by atoms with E-state index in [0.29, 0.717) is 18.9 Å². The van der Waals surface area contributed by atoms with Gasteiger partial charge in [0.2, 0.25) is 12.7 Å². The van der Waals surface area contributed by atoms with E-state index >= 15 is 0 Å². The Morgan fingerprint density at radius 1 is 1.03 bits per heavy atom. The van der Waals surface area contributed by atoms with E-state index in [-0.39, 0.29) is 12.7 Å². The van der Waals surface area contributed by atoms with Crippen molar-refractivity contribution >= 4 is 5.91 Å². The Bertz CT molecular complexity index is 842. The van der Waals surface area contributed by atoms with E-state index < -0.39 is 0 Å². The molecule has 4 nitrogen and oxygen atoms in total. The summed E-state index contributed by atoms with van der Waals surface area (Å²) in [5.74, 6) is 2.46. The highest BCUT2D eigenvalue weighted by atomic mass is 16.7. The van der Waals surface area contributed by atoms with Crippen LogP contribution in [0.4, 0.5) is 0 Å². The fraction of sp³-hybridized carbons (Fsp3) is 0.480. The van der Waals surface area contributed by atoms with E-state index in [9.17, 15) is 4.79 Å². The van der Waals surface area contributed by atoms with Crippen LogP contribution in [0.5, 0.6) is 11.5 Å². The van der Waals surface area contributed by atoms with E-state index in [2.05, 4.69) is 36.1 Å². The van der Waals surface area contributed by atoms with Gasteiger partial charge in [0, 0.05) is 19.5 Å². The molecular weight excluding hydrogens is 362 g/mol. The van der Waals surface area contributed by atoms with E-state index in [1.165, 1.54) is 43.2 Å². The molecule has 0 unspecified atom stereocenters. The Hall–Kier alpha value is -2.49. The standard InChI is InChI=1S/C25H31NO3/c1-19-7-5-6-10-22(19)17-26(16-21-8-3-2-4-9-21)25(27)14-12-20-11-13-23-24(15-20)29-18-28-23/h5-7,10-11,13,15,21H,2-4,8-9,12,14,16-18H2,1H3. The number of carbonyl (C=O) groups is 1. The topological polar surface area (TPSA) is 38.8 Å². The van der Waals surface area contributed by atoms with Crippen molar-refractivity contribution in [2.24, 2.45) is 5.92 Å². The minimum absolute atomic E-state index is 0.247. The van der Waals surface area contributed by atoms with Gasteiger partial charge in [-0.1, -0.05) is 49.6 Å². The van der Waals surface area contributed by atoms with Crippen LogP contribution in [0.1, 0.15) is 55.2 Å². The zero-order valence-electron chi connectivity index (χ0n) is 17.4. The molecule has 0 N–H and O–H groups in total. The Kier molecular flexibility index (Phi) is 6.38. The number of aryl methyl sites for hydroxylation is 2. The van der Waals surface area contributed by atoms with Crippen molar-refractivity contribution in [1.29, 1.82) is 0 Å². The summed E-state index contributed by atoms with van der Waals surface area (Å²) >= 11 is 0. The van der Waals surface area contributed by atoms with Crippen molar-refractivity contribution in [3.05, 3.63) is 59.2 Å². The first-order chi connectivity index (χ1) is 14.2. The maximum Gasteiger partial charge on any atom is 0.231 e. The molecule has 1 saturated carbocycles. The van der Waals surface area contributed by atoms with Crippen LogP contribution in [-0.4, -0.2) is 24.1 Å². The van der Waals surface area contributed by atoms with Gasteiger partial charge in [0.1, 0.15) is 0 Å². The number of fused-ring (bicyclic) bond motifs is 1. The van der Waals surface area contributed by atoms with Gasteiger partial charge in [-0.05, 0) is 60.9 Å². The van der Waals surface area contributed by atoms with Crippen molar-refractivity contribution in [3.8, 4) is 11.5 Å². The molecular formula is C25H31NO3. The van der Waals surface area contributed by atoms with Crippen LogP contribution in [0.15, 0.2) is 42.5 Å². The molecule has 2 aliphatic rings. The molecule has 154 valence electrons. The molecule has 1 amide bonds. The second-order valence-electron chi connectivity index (χ2n) is 8.39. The molecule has 4 rings (SSSR count). The second-order valence-corrected chi connectivity index (χ2v) is 8.39. The van der Waals surface area contributed by atoms with Crippen molar-refractivity contribution in [2.75, 3.05) is 13.3 Å². The van der Waals surface area contributed by atoms with Crippen molar-refractivity contribution in [3.63, 3.8) is 0 Å². The summed E-state index contributed by atoms with van der Waals surface area (Å²) in [4.78, 5) is 15.3. The van der Waals surface area contributed by atoms with Gasteiger partial charge in [0.05, 0.1) is 0 Å². The zero-order chi connectivity index (χ0) is 20.1. The molecule has 4 heteroatoms. The van der Waals surface area contributed by atoms with E-state index in [1.807, 2.05) is 18.2 Å². The number of benzene rings is 2. The van der Waals surface area contributed by atoms with Gasteiger partial charge in [0.15, 0.2) is 11.5 Å². The summed E-state index contributed by atoms with van der Waals surface area (Å²) < 4.78 is 10.9. The maximum atomic E-state index is 13.2. The Morgan fingerprint density at radius 3 is 2.66 bits per heavy atom. The smallest absolute Gasteiger partial charge is 0.231 e. The molecule has 1 aliphatic heterocycles. The fourth-order valence-electron chi connectivity index (χ4n) is 4.43. The average Bonchev–Trinajstić information content (AvgIpc) is 3.22. The fourth-order valence-corrected chi connectivity index (χ4v) is 4.43. The Labute approximate surface area is 173 Å². The number of amides is 1. The van der Waals surface area contributed by atoms with Gasteiger partial charge in [-0.3, -0.25) is 4.79 Å². The third kappa shape index (κ3) is 5.11. The van der Waals surface area contributed by atoms with Crippen LogP contribution in [0.2, 0.25) is 0 Å². The molecule has 29 heavy (non-hydrogen) atoms. The van der Waals surface area contributed by atoms with E-state index in [1.54, 1.807) is 0 Å². The van der Waals surface area contributed by atoms with Gasteiger partial charge < -0.3 is 14.4 Å². The molecule has 0 atom stereocenters. The lowest BCUT2D eigenvalue weighted by molar-refractivity contribution is -0.132. The minimum atomic E-state index is 0.247. The van der Waals surface area contributed by atoms with Gasteiger partial charge >= 0.3 is 0 Å². The molecule has 0 bridgehead atoms. The number of hydrogen-bond acceptors (Lipinski definition) is 3. The molecule has 1 heterocycles. The summed E-state index contributed by atoms with van der Waals surface area (Å²) in [7, 11) is 0. The number of hydrogen-bond donors (Lipinski definition) is 0. The zero-order valence-corrected chi connectivity index (χ0v) is 17.4. The number of rotatable bonds is 7. The Balaban J connectivity index is 1.42. The predicted octanol–water partition coefficient (Wildman–Crippen LogP) is 5.27. The quantitative estimate of drug-likeness (QED) is 0.644. The predicted molar refractivity (Wildman–Crippen MR) is 114 cm³/mol. The summed E-state index contributed by atoms with van der Waals surface area (Å²) in [6.07, 6.45) is 7.69. The van der Waals surface area contributed by atoms with Crippen LogP contribution in [0.3, 0.4) is 0 Å². The molecule has 0 spiro atoms. The van der Waals surface area contributed by atoms with Gasteiger partial charge in [-0.15, -0.1) is 0 Å². The largest absolute Gasteiger partial charge is 0.454 e. The summed E-state index contributed by atoms with van der Waals surface area (Å²) in [5.41, 5.74) is 3.63. The van der Waals surface area contributed by atoms with Gasteiger partial charge in [-0.25, -0.2) is 0 Å². The second kappa shape index (κ2) is 9.34. The van der Waals surface area contributed by atoms with Crippen LogP contribution < -0.4 is 9.47 Å². The SMILES string of the molecule is Cc1ccccc1CN(CC1CCCCC1)C(=O)CCc1ccc2c(c1)OCO2. The average molecular weight is 394 g/mol. The van der Waals surface area contributed by atoms with Crippen LogP contribution in [-0.2, 0) is 17.8 Å². The highest BCUT2D eigenvalue weighted by Gasteiger charge is 2.22. The lowest BCUT2D eigenvalue weighted by atomic mass is 9.88. The number of ether oxygens (including phenoxy) is 2. The maximum absolute atomic E-state index is 13.2. The van der Waals surface area contributed by atoms with E-state index in [0.717, 1.165) is 30.0 Å². The van der Waals surface area contributed by atoms with Crippen LogP contribution >= 0.6 is 0 Å². The summed E-state index contributed by atoms with van der Waals surface area (Å²) in [6, 6.07) is 14.4. The van der Waals surface area contributed by atoms with Crippen molar-refractivity contribution in [1.82, 2.24) is 4.90 Å². The minimum Gasteiger partial charge on any atom is -0.454 e. The summed E-state index contributed by atoms with van der Waals surface area (Å²) in [6.45, 7) is 4.01. The van der Waals surface area contributed by atoms with Gasteiger partial charge in [0.25, 0.3) is 0 Å². The first-order valence-electron chi connectivity index (χ1n) is 10.9. The van der Waals surface area contributed by atoms with Gasteiger partial charge in [-0.2, -0.15) is 0 Å². The molecule has 2 aromatic carbocycles. The van der Waals surface area contributed by atoms with Crippen LogP contribution in [0.25, 0.3) is 0 Å². The lowest BCUT2D eigenvalue weighted by Gasteiger charge is -2.30. The molecule has 0 aromatic heterocycles. The van der Waals surface area contributed by atoms with Crippen molar-refractivity contribution in [2.45, 2.75) is 58.4 Å². The third-order valence-corrected chi connectivity index (χ3v) is 6.24. The third-order valence-electron chi connectivity index (χ3n) is 6.24.